The fourth-order valence-corrected chi connectivity index (χ4v) is 2.76. The SMILES string of the molecule is CC(C)(C)c1ccc(C(C)(C)C)c(NC(=O)C(O)c2ccccc2)c1. The molecule has 25 heavy (non-hydrogen) atoms. The number of rotatable bonds is 3. The zero-order valence-corrected chi connectivity index (χ0v) is 16.1. The van der Waals surface area contributed by atoms with Gasteiger partial charge in [-0.15, -0.1) is 0 Å². The number of aliphatic hydroxyl groups is 1. The molecule has 0 aliphatic rings. The van der Waals surface area contributed by atoms with Crippen molar-refractivity contribution in [2.45, 2.75) is 58.5 Å². The minimum Gasteiger partial charge on any atom is -0.378 e. The van der Waals surface area contributed by atoms with Gasteiger partial charge in [-0.1, -0.05) is 84.0 Å². The largest absolute Gasteiger partial charge is 0.378 e. The lowest BCUT2D eigenvalue weighted by Gasteiger charge is -2.27. The van der Waals surface area contributed by atoms with Crippen molar-refractivity contribution in [1.82, 2.24) is 0 Å². The lowest BCUT2D eigenvalue weighted by Crippen LogP contribution is -2.24. The number of hydrogen-bond acceptors (Lipinski definition) is 2. The summed E-state index contributed by atoms with van der Waals surface area (Å²) in [6.07, 6.45) is -1.19. The number of amides is 1. The van der Waals surface area contributed by atoms with E-state index in [9.17, 15) is 9.90 Å². The second-order valence-corrected chi connectivity index (χ2v) is 8.56. The Morgan fingerprint density at radius 2 is 1.52 bits per heavy atom. The molecule has 0 radical (unpaired) electrons. The van der Waals surface area contributed by atoms with Crippen LogP contribution in [0.15, 0.2) is 48.5 Å². The summed E-state index contributed by atoms with van der Waals surface area (Å²) >= 11 is 0. The predicted molar refractivity (Wildman–Crippen MR) is 104 cm³/mol. The van der Waals surface area contributed by atoms with Gasteiger partial charge in [0.15, 0.2) is 6.10 Å². The minimum atomic E-state index is -1.19. The van der Waals surface area contributed by atoms with E-state index in [1.807, 2.05) is 24.3 Å². The second kappa shape index (κ2) is 7.01. The number of benzene rings is 2. The molecule has 1 atom stereocenters. The van der Waals surface area contributed by atoms with E-state index < -0.39 is 12.0 Å². The lowest BCUT2D eigenvalue weighted by atomic mass is 9.81. The monoisotopic (exact) mass is 339 g/mol. The highest BCUT2D eigenvalue weighted by Gasteiger charge is 2.24. The van der Waals surface area contributed by atoms with Crippen molar-refractivity contribution in [3.8, 4) is 0 Å². The van der Waals surface area contributed by atoms with Crippen LogP contribution in [0.2, 0.25) is 0 Å². The van der Waals surface area contributed by atoms with Gasteiger partial charge in [-0.3, -0.25) is 4.79 Å². The van der Waals surface area contributed by atoms with Crippen molar-refractivity contribution in [2.24, 2.45) is 0 Å². The average molecular weight is 339 g/mol. The van der Waals surface area contributed by atoms with Gasteiger partial charge in [0.05, 0.1) is 0 Å². The highest BCUT2D eigenvalue weighted by Crippen LogP contribution is 2.34. The molecule has 0 heterocycles. The van der Waals surface area contributed by atoms with Crippen molar-refractivity contribution in [3.63, 3.8) is 0 Å². The number of nitrogens with one attached hydrogen (secondary N) is 1. The Balaban J connectivity index is 2.37. The molecular formula is C22H29NO2. The third kappa shape index (κ3) is 4.70. The van der Waals surface area contributed by atoms with Gasteiger partial charge in [-0.2, -0.15) is 0 Å². The molecule has 1 unspecified atom stereocenters. The first-order valence-corrected chi connectivity index (χ1v) is 8.69. The van der Waals surface area contributed by atoms with E-state index in [4.69, 9.17) is 0 Å². The Morgan fingerprint density at radius 1 is 0.920 bits per heavy atom. The number of carbonyl (C=O) groups is 1. The summed E-state index contributed by atoms with van der Waals surface area (Å²) in [5.41, 5.74) is 3.41. The van der Waals surface area contributed by atoms with E-state index in [0.717, 1.165) is 16.8 Å². The van der Waals surface area contributed by atoms with Gasteiger partial charge in [-0.05, 0) is 33.6 Å². The Morgan fingerprint density at radius 3 is 2.04 bits per heavy atom. The maximum Gasteiger partial charge on any atom is 0.257 e. The first kappa shape index (κ1) is 19.2. The van der Waals surface area contributed by atoms with Gasteiger partial charge in [0, 0.05) is 5.69 Å². The van der Waals surface area contributed by atoms with Gasteiger partial charge in [0.25, 0.3) is 5.91 Å². The molecule has 0 spiro atoms. The molecular weight excluding hydrogens is 310 g/mol. The maximum atomic E-state index is 12.6. The Labute approximate surface area is 151 Å². The molecule has 0 aliphatic carbocycles. The molecule has 3 heteroatoms. The summed E-state index contributed by atoms with van der Waals surface area (Å²) in [7, 11) is 0. The van der Waals surface area contributed by atoms with Crippen LogP contribution in [-0.4, -0.2) is 11.0 Å². The quantitative estimate of drug-likeness (QED) is 0.831. The summed E-state index contributed by atoms with van der Waals surface area (Å²) in [6, 6.07) is 15.2. The van der Waals surface area contributed by atoms with Crippen LogP contribution < -0.4 is 5.32 Å². The highest BCUT2D eigenvalue weighted by molar-refractivity contribution is 5.95. The van der Waals surface area contributed by atoms with Crippen molar-refractivity contribution < 1.29 is 9.90 Å². The predicted octanol–water partition coefficient (Wildman–Crippen LogP) is 4.95. The van der Waals surface area contributed by atoms with Crippen LogP contribution in [0.5, 0.6) is 0 Å². The van der Waals surface area contributed by atoms with Crippen LogP contribution in [-0.2, 0) is 15.6 Å². The number of carbonyl (C=O) groups excluding carboxylic acids is 1. The molecule has 0 saturated carbocycles. The topological polar surface area (TPSA) is 49.3 Å². The normalized spacial score (nSPS) is 13.4. The summed E-state index contributed by atoms with van der Waals surface area (Å²) in [4.78, 5) is 12.6. The Kier molecular flexibility index (Phi) is 5.38. The molecule has 2 aromatic rings. The lowest BCUT2D eigenvalue weighted by molar-refractivity contribution is -0.124. The molecule has 2 N–H and O–H groups in total. The van der Waals surface area contributed by atoms with Crippen LogP contribution in [0, 0.1) is 0 Å². The van der Waals surface area contributed by atoms with Crippen LogP contribution in [0.3, 0.4) is 0 Å². The maximum absolute atomic E-state index is 12.6. The van der Waals surface area contributed by atoms with E-state index in [0.29, 0.717) is 5.56 Å². The number of aliphatic hydroxyl groups excluding tert-OH is 1. The first-order valence-electron chi connectivity index (χ1n) is 8.69. The van der Waals surface area contributed by atoms with E-state index >= 15 is 0 Å². The first-order chi connectivity index (χ1) is 11.5. The molecule has 0 saturated heterocycles. The standard InChI is InChI=1S/C22H29NO2/c1-21(2,3)16-12-13-17(22(4,5)6)18(14-16)23-20(25)19(24)15-10-8-7-9-11-15/h7-14,19,24H,1-6H3,(H,23,25). The van der Waals surface area contributed by atoms with Crippen LogP contribution in [0.1, 0.15) is 64.3 Å². The average Bonchev–Trinajstić information content (AvgIpc) is 2.53. The van der Waals surface area contributed by atoms with E-state index in [1.165, 1.54) is 0 Å². The molecule has 2 rings (SSSR count). The van der Waals surface area contributed by atoms with Crippen LogP contribution >= 0.6 is 0 Å². The molecule has 0 bridgehead atoms. The number of hydrogen-bond donors (Lipinski definition) is 2. The smallest absolute Gasteiger partial charge is 0.257 e. The molecule has 134 valence electrons. The van der Waals surface area contributed by atoms with E-state index in [-0.39, 0.29) is 10.8 Å². The Hall–Kier alpha value is -2.13. The molecule has 3 nitrogen and oxygen atoms in total. The molecule has 0 aliphatic heterocycles. The second-order valence-electron chi connectivity index (χ2n) is 8.56. The van der Waals surface area contributed by atoms with Gasteiger partial charge in [-0.25, -0.2) is 0 Å². The van der Waals surface area contributed by atoms with Crippen LogP contribution in [0.25, 0.3) is 0 Å². The molecule has 2 aromatic carbocycles. The van der Waals surface area contributed by atoms with E-state index in [1.54, 1.807) is 12.1 Å². The van der Waals surface area contributed by atoms with Gasteiger partial charge in [0.1, 0.15) is 0 Å². The summed E-state index contributed by atoms with van der Waals surface area (Å²) in [6.45, 7) is 12.8. The zero-order valence-electron chi connectivity index (χ0n) is 16.1. The van der Waals surface area contributed by atoms with Crippen molar-refractivity contribution in [2.75, 3.05) is 5.32 Å². The third-order valence-electron chi connectivity index (χ3n) is 4.32. The van der Waals surface area contributed by atoms with Gasteiger partial charge in [0.2, 0.25) is 0 Å². The summed E-state index contributed by atoms with van der Waals surface area (Å²) in [5, 5.41) is 13.3. The van der Waals surface area contributed by atoms with Crippen molar-refractivity contribution in [3.05, 3.63) is 65.2 Å². The fraction of sp³-hybridized carbons (Fsp3) is 0.409. The highest BCUT2D eigenvalue weighted by atomic mass is 16.3. The Bertz CT molecular complexity index is 737. The zero-order chi connectivity index (χ0) is 18.8. The van der Waals surface area contributed by atoms with Gasteiger partial charge >= 0.3 is 0 Å². The summed E-state index contributed by atoms with van der Waals surface area (Å²) < 4.78 is 0. The van der Waals surface area contributed by atoms with Gasteiger partial charge < -0.3 is 10.4 Å². The summed E-state index contributed by atoms with van der Waals surface area (Å²) in [5.74, 6) is -0.414. The number of anilines is 1. The molecule has 0 aromatic heterocycles. The third-order valence-corrected chi connectivity index (χ3v) is 4.32. The van der Waals surface area contributed by atoms with Crippen LogP contribution in [0.4, 0.5) is 5.69 Å². The van der Waals surface area contributed by atoms with Crippen molar-refractivity contribution in [1.29, 1.82) is 0 Å². The molecule has 0 fully saturated rings. The van der Waals surface area contributed by atoms with Crippen molar-refractivity contribution >= 4 is 11.6 Å². The fourth-order valence-electron chi connectivity index (χ4n) is 2.76. The minimum absolute atomic E-state index is 0.0199. The van der Waals surface area contributed by atoms with E-state index in [2.05, 4.69) is 59.0 Å². The molecule has 1 amide bonds.